The molecule has 0 unspecified atom stereocenters. The quantitative estimate of drug-likeness (QED) is 0.602. The number of carbonyl (C=O) groups excluding carboxylic acids is 2. The van der Waals surface area contributed by atoms with Gasteiger partial charge in [0.15, 0.2) is 0 Å². The molecule has 1 saturated heterocycles. The van der Waals surface area contributed by atoms with E-state index in [-0.39, 0.29) is 24.0 Å². The number of carbonyl (C=O) groups is 2. The summed E-state index contributed by atoms with van der Waals surface area (Å²) in [7, 11) is 1.77. The smallest absolute Gasteiger partial charge is 0.317 e. The molecule has 1 saturated carbocycles. The zero-order valence-corrected chi connectivity index (χ0v) is 22.2. The summed E-state index contributed by atoms with van der Waals surface area (Å²) in [5, 5.41) is 13.8. The van der Waals surface area contributed by atoms with Crippen LogP contribution < -0.4 is 10.1 Å². The van der Waals surface area contributed by atoms with Crippen LogP contribution in [0.1, 0.15) is 68.2 Å². The summed E-state index contributed by atoms with van der Waals surface area (Å²) in [5.41, 5.74) is 3.33. The molecule has 5 rings (SSSR count). The number of aryl methyl sites for hydroxylation is 1. The summed E-state index contributed by atoms with van der Waals surface area (Å²) < 4.78 is 6.22. The number of fused-ring (bicyclic) bond motifs is 3. The number of aliphatic hydroxyl groups is 1. The number of piperidine rings is 1. The van der Waals surface area contributed by atoms with E-state index in [0.29, 0.717) is 13.0 Å². The van der Waals surface area contributed by atoms with E-state index >= 15 is 0 Å². The second-order valence-electron chi connectivity index (χ2n) is 11.0. The van der Waals surface area contributed by atoms with Crippen LogP contribution in [0.2, 0.25) is 0 Å². The number of benzene rings is 2. The predicted molar refractivity (Wildman–Crippen MR) is 143 cm³/mol. The fourth-order valence-corrected chi connectivity index (χ4v) is 6.39. The summed E-state index contributed by atoms with van der Waals surface area (Å²) in [6, 6.07) is 13.5. The van der Waals surface area contributed by atoms with Crippen molar-refractivity contribution in [1.82, 2.24) is 15.1 Å². The van der Waals surface area contributed by atoms with Crippen molar-refractivity contribution in [2.75, 3.05) is 13.6 Å². The third-order valence-electron chi connectivity index (χ3n) is 8.51. The zero-order valence-electron chi connectivity index (χ0n) is 22.2. The first kappa shape index (κ1) is 25.6. The Hall–Kier alpha value is -3.06. The van der Waals surface area contributed by atoms with Gasteiger partial charge < -0.3 is 25.0 Å². The largest absolute Gasteiger partial charge is 0.457 e. The Bertz CT molecular complexity index is 1140. The average Bonchev–Trinajstić information content (AvgIpc) is 2.89. The van der Waals surface area contributed by atoms with Crippen molar-refractivity contribution in [1.29, 1.82) is 0 Å². The lowest BCUT2D eigenvalue weighted by molar-refractivity contribution is -0.151. The molecule has 4 atom stereocenters. The Morgan fingerprint density at radius 3 is 2.65 bits per heavy atom. The minimum atomic E-state index is -0.847. The number of rotatable bonds is 5. The van der Waals surface area contributed by atoms with Crippen LogP contribution in [0.15, 0.2) is 42.5 Å². The first-order chi connectivity index (χ1) is 17.8. The molecule has 0 bridgehead atoms. The van der Waals surface area contributed by atoms with Gasteiger partial charge in [0.05, 0.1) is 18.1 Å². The SMILES string of the molecule is Cc1ccccc1Oc1ccc2c(c1)[C@@H]1C[C@H](N(C)C(=O)NC3CCCCC3)[C@H]([C@H](C)O)C(=O)N1CC2. The van der Waals surface area contributed by atoms with Crippen LogP contribution in [0.4, 0.5) is 4.79 Å². The lowest BCUT2D eigenvalue weighted by Crippen LogP contribution is -2.61. The minimum Gasteiger partial charge on any atom is -0.457 e. The molecule has 3 aliphatic rings. The second kappa shape index (κ2) is 10.7. The third-order valence-corrected chi connectivity index (χ3v) is 8.51. The van der Waals surface area contributed by atoms with Crippen molar-refractivity contribution in [2.24, 2.45) is 5.92 Å². The van der Waals surface area contributed by atoms with Crippen LogP contribution >= 0.6 is 0 Å². The maximum Gasteiger partial charge on any atom is 0.317 e. The summed E-state index contributed by atoms with van der Waals surface area (Å²) in [6.45, 7) is 4.29. The number of urea groups is 1. The molecule has 2 aromatic carbocycles. The van der Waals surface area contributed by atoms with Gasteiger partial charge in [0, 0.05) is 25.7 Å². The Morgan fingerprint density at radius 2 is 1.92 bits per heavy atom. The lowest BCUT2D eigenvalue weighted by Gasteiger charge is -2.49. The highest BCUT2D eigenvalue weighted by molar-refractivity contribution is 5.84. The fraction of sp³-hybridized carbons (Fsp3) is 0.533. The topological polar surface area (TPSA) is 82.1 Å². The Morgan fingerprint density at radius 1 is 1.16 bits per heavy atom. The van der Waals surface area contributed by atoms with Crippen molar-refractivity contribution < 1.29 is 19.4 Å². The maximum absolute atomic E-state index is 13.7. The predicted octanol–water partition coefficient (Wildman–Crippen LogP) is 4.96. The van der Waals surface area contributed by atoms with Crippen LogP contribution in [-0.4, -0.2) is 58.6 Å². The number of aliphatic hydroxyl groups excluding tert-OH is 1. The van der Waals surface area contributed by atoms with E-state index in [1.165, 1.54) is 12.0 Å². The molecule has 2 heterocycles. The molecule has 2 N–H and O–H groups in total. The van der Waals surface area contributed by atoms with E-state index in [1.807, 2.05) is 48.2 Å². The van der Waals surface area contributed by atoms with Crippen molar-refractivity contribution in [3.8, 4) is 11.5 Å². The fourth-order valence-electron chi connectivity index (χ4n) is 6.39. The van der Waals surface area contributed by atoms with Crippen molar-refractivity contribution >= 4 is 11.9 Å². The van der Waals surface area contributed by atoms with Gasteiger partial charge >= 0.3 is 6.03 Å². The van der Waals surface area contributed by atoms with Gasteiger partial charge in [0.25, 0.3) is 0 Å². The second-order valence-corrected chi connectivity index (χ2v) is 11.0. The van der Waals surface area contributed by atoms with Gasteiger partial charge in [-0.05, 0) is 74.4 Å². The Kier molecular flexibility index (Phi) is 7.43. The summed E-state index contributed by atoms with van der Waals surface area (Å²) >= 11 is 0. The number of nitrogens with zero attached hydrogens (tertiary/aromatic N) is 2. The molecule has 0 aromatic heterocycles. The Balaban J connectivity index is 1.41. The molecular formula is C30H39N3O4. The number of amides is 3. The number of hydrogen-bond acceptors (Lipinski definition) is 4. The number of para-hydroxylation sites is 1. The normalized spacial score (nSPS) is 24.6. The van der Waals surface area contributed by atoms with E-state index < -0.39 is 18.1 Å². The first-order valence-corrected chi connectivity index (χ1v) is 13.7. The summed E-state index contributed by atoms with van der Waals surface area (Å²) in [5.74, 6) is 0.816. The molecule has 2 fully saturated rings. The number of ether oxygens (including phenoxy) is 1. The highest BCUT2D eigenvalue weighted by Gasteiger charge is 2.48. The van der Waals surface area contributed by atoms with E-state index in [9.17, 15) is 14.7 Å². The Labute approximate surface area is 219 Å². The third kappa shape index (κ3) is 5.19. The molecule has 0 radical (unpaired) electrons. The molecule has 198 valence electrons. The molecular weight excluding hydrogens is 466 g/mol. The molecule has 2 aliphatic heterocycles. The summed E-state index contributed by atoms with van der Waals surface area (Å²) in [4.78, 5) is 30.6. The van der Waals surface area contributed by atoms with Crippen LogP contribution in [0.3, 0.4) is 0 Å². The van der Waals surface area contributed by atoms with Crippen LogP contribution in [-0.2, 0) is 11.2 Å². The number of nitrogens with one attached hydrogen (secondary N) is 1. The van der Waals surface area contributed by atoms with Crippen molar-refractivity contribution in [3.63, 3.8) is 0 Å². The minimum absolute atomic E-state index is 0.0792. The van der Waals surface area contributed by atoms with Crippen molar-refractivity contribution in [2.45, 2.75) is 83.0 Å². The molecule has 0 spiro atoms. The van der Waals surface area contributed by atoms with Gasteiger partial charge in [-0.2, -0.15) is 0 Å². The standard InChI is InChI=1S/C30H39N3O4/c1-19-9-7-8-12-27(19)37-23-14-13-21-15-16-33-25(24(21)17-23)18-26(28(20(2)34)29(33)35)32(3)30(36)31-22-10-5-4-6-11-22/h7-9,12-14,17,20,22,25-26,28,34H,4-6,10-11,15-16,18H2,1-3H3,(H,31,36)/t20-,25-,26-,28-/m0/s1. The lowest BCUT2D eigenvalue weighted by atomic mass is 9.77. The first-order valence-electron chi connectivity index (χ1n) is 13.7. The van der Waals surface area contributed by atoms with Crippen LogP contribution in [0.5, 0.6) is 11.5 Å². The highest BCUT2D eigenvalue weighted by atomic mass is 16.5. The van der Waals surface area contributed by atoms with Gasteiger partial charge in [-0.1, -0.05) is 43.5 Å². The maximum atomic E-state index is 13.7. The van der Waals surface area contributed by atoms with Crippen LogP contribution in [0.25, 0.3) is 0 Å². The zero-order chi connectivity index (χ0) is 26.1. The van der Waals surface area contributed by atoms with E-state index in [4.69, 9.17) is 4.74 Å². The van der Waals surface area contributed by atoms with Gasteiger partial charge in [-0.15, -0.1) is 0 Å². The van der Waals surface area contributed by atoms with E-state index in [0.717, 1.165) is 54.7 Å². The number of hydrogen-bond donors (Lipinski definition) is 2. The molecule has 7 nitrogen and oxygen atoms in total. The summed E-state index contributed by atoms with van der Waals surface area (Å²) in [6.07, 6.45) is 5.97. The highest BCUT2D eigenvalue weighted by Crippen LogP contribution is 2.43. The van der Waals surface area contributed by atoms with Gasteiger partial charge in [0.1, 0.15) is 11.5 Å². The average molecular weight is 506 g/mol. The molecule has 7 heteroatoms. The molecule has 1 aliphatic carbocycles. The van der Waals surface area contributed by atoms with Crippen molar-refractivity contribution in [3.05, 3.63) is 59.2 Å². The monoisotopic (exact) mass is 505 g/mol. The van der Waals surface area contributed by atoms with Gasteiger partial charge in [-0.3, -0.25) is 4.79 Å². The van der Waals surface area contributed by atoms with E-state index in [1.54, 1.807) is 18.9 Å². The molecule has 3 amide bonds. The van der Waals surface area contributed by atoms with Crippen LogP contribution in [0, 0.1) is 12.8 Å². The van der Waals surface area contributed by atoms with Gasteiger partial charge in [-0.25, -0.2) is 4.79 Å². The molecule has 2 aromatic rings. The van der Waals surface area contributed by atoms with E-state index in [2.05, 4.69) is 11.4 Å². The molecule has 37 heavy (non-hydrogen) atoms. The van der Waals surface area contributed by atoms with Gasteiger partial charge in [0.2, 0.25) is 5.91 Å².